The van der Waals surface area contributed by atoms with Gasteiger partial charge in [-0.3, -0.25) is 4.79 Å². The van der Waals surface area contributed by atoms with E-state index in [9.17, 15) is 9.59 Å². The first-order valence-corrected chi connectivity index (χ1v) is 5.89. The molecule has 0 saturated heterocycles. The number of ether oxygens (including phenoxy) is 1. The Balaban J connectivity index is 2.39. The first-order valence-electron chi connectivity index (χ1n) is 5.89. The van der Waals surface area contributed by atoms with Gasteiger partial charge in [0.2, 0.25) is 5.91 Å². The standard InChI is InChI=1S/C15H13NO4/c1-9-5-6-12(15(18)19)13(7-9)20-11-4-2-3-10(8-11)14(16)17/h2-8H,1H3,(H2,16,17)(H,18,19). The summed E-state index contributed by atoms with van der Waals surface area (Å²) in [5, 5.41) is 9.12. The monoisotopic (exact) mass is 271 g/mol. The molecule has 0 aliphatic rings. The Morgan fingerprint density at radius 1 is 1.15 bits per heavy atom. The number of nitrogens with two attached hydrogens (primary N) is 1. The largest absolute Gasteiger partial charge is 0.478 e. The number of benzene rings is 2. The maximum atomic E-state index is 11.1. The number of hydrogen-bond donors (Lipinski definition) is 2. The van der Waals surface area contributed by atoms with E-state index in [1.54, 1.807) is 30.3 Å². The number of amides is 1. The third-order valence-corrected chi connectivity index (χ3v) is 2.71. The molecule has 0 aliphatic heterocycles. The zero-order valence-corrected chi connectivity index (χ0v) is 10.8. The minimum Gasteiger partial charge on any atom is -0.478 e. The number of rotatable bonds is 4. The smallest absolute Gasteiger partial charge is 0.339 e. The van der Waals surface area contributed by atoms with E-state index in [4.69, 9.17) is 15.6 Å². The minimum atomic E-state index is -1.08. The van der Waals surface area contributed by atoms with Crippen LogP contribution >= 0.6 is 0 Å². The van der Waals surface area contributed by atoms with Crippen LogP contribution in [-0.4, -0.2) is 17.0 Å². The molecule has 0 bridgehead atoms. The summed E-state index contributed by atoms with van der Waals surface area (Å²) in [5.41, 5.74) is 6.41. The van der Waals surface area contributed by atoms with Crippen molar-refractivity contribution < 1.29 is 19.4 Å². The molecule has 5 heteroatoms. The van der Waals surface area contributed by atoms with Gasteiger partial charge in [-0.2, -0.15) is 0 Å². The number of hydrogen-bond acceptors (Lipinski definition) is 3. The molecule has 2 rings (SSSR count). The number of carbonyl (C=O) groups is 2. The highest BCUT2D eigenvalue weighted by molar-refractivity contribution is 5.93. The summed E-state index contributed by atoms with van der Waals surface area (Å²) in [5.74, 6) is -1.07. The highest BCUT2D eigenvalue weighted by Crippen LogP contribution is 2.27. The summed E-state index contributed by atoms with van der Waals surface area (Å²) in [4.78, 5) is 22.3. The molecule has 0 heterocycles. The van der Waals surface area contributed by atoms with Gasteiger partial charge >= 0.3 is 5.97 Å². The summed E-state index contributed by atoms with van der Waals surface area (Å²) in [6, 6.07) is 11.1. The van der Waals surface area contributed by atoms with E-state index in [1.807, 2.05) is 6.92 Å². The Bertz CT molecular complexity index is 679. The Kier molecular flexibility index (Phi) is 3.70. The van der Waals surface area contributed by atoms with Crippen molar-refractivity contribution in [2.24, 2.45) is 5.73 Å². The van der Waals surface area contributed by atoms with Crippen molar-refractivity contribution in [2.45, 2.75) is 6.92 Å². The normalized spacial score (nSPS) is 10.1. The van der Waals surface area contributed by atoms with Crippen LogP contribution in [0.2, 0.25) is 0 Å². The highest BCUT2D eigenvalue weighted by Gasteiger charge is 2.12. The molecule has 1 amide bonds. The second-order valence-electron chi connectivity index (χ2n) is 4.30. The fraction of sp³-hybridized carbons (Fsp3) is 0.0667. The second-order valence-corrected chi connectivity index (χ2v) is 4.30. The van der Waals surface area contributed by atoms with E-state index < -0.39 is 11.9 Å². The Hall–Kier alpha value is -2.82. The third-order valence-electron chi connectivity index (χ3n) is 2.71. The van der Waals surface area contributed by atoms with Gasteiger partial charge < -0.3 is 15.6 Å². The van der Waals surface area contributed by atoms with E-state index in [-0.39, 0.29) is 11.3 Å². The van der Waals surface area contributed by atoms with Crippen molar-refractivity contribution in [3.8, 4) is 11.5 Å². The second kappa shape index (κ2) is 5.44. The zero-order chi connectivity index (χ0) is 14.7. The zero-order valence-electron chi connectivity index (χ0n) is 10.8. The van der Waals surface area contributed by atoms with Gasteiger partial charge in [-0.15, -0.1) is 0 Å². The first kappa shape index (κ1) is 13.6. The van der Waals surface area contributed by atoms with Crippen LogP contribution in [0.5, 0.6) is 11.5 Å². The van der Waals surface area contributed by atoms with Crippen molar-refractivity contribution in [3.63, 3.8) is 0 Å². The van der Waals surface area contributed by atoms with Crippen LogP contribution in [0.4, 0.5) is 0 Å². The van der Waals surface area contributed by atoms with E-state index >= 15 is 0 Å². The molecule has 0 saturated carbocycles. The lowest BCUT2D eigenvalue weighted by Gasteiger charge is -2.10. The van der Waals surface area contributed by atoms with Gasteiger partial charge in [0.15, 0.2) is 0 Å². The molecule has 5 nitrogen and oxygen atoms in total. The molecule has 0 aliphatic carbocycles. The molecule has 102 valence electrons. The number of carbonyl (C=O) groups excluding carboxylic acids is 1. The number of aryl methyl sites for hydroxylation is 1. The van der Waals surface area contributed by atoms with Crippen molar-refractivity contribution in [3.05, 3.63) is 59.2 Å². The lowest BCUT2D eigenvalue weighted by Crippen LogP contribution is -2.10. The van der Waals surface area contributed by atoms with Crippen LogP contribution in [0, 0.1) is 6.92 Å². The highest BCUT2D eigenvalue weighted by atomic mass is 16.5. The molecule has 3 N–H and O–H groups in total. The number of carboxylic acids is 1. The third kappa shape index (κ3) is 2.95. The van der Waals surface area contributed by atoms with Crippen molar-refractivity contribution in [2.75, 3.05) is 0 Å². The van der Waals surface area contributed by atoms with Gasteiger partial charge in [-0.1, -0.05) is 12.1 Å². The molecule has 20 heavy (non-hydrogen) atoms. The number of aromatic carboxylic acids is 1. The van der Waals surface area contributed by atoms with Gasteiger partial charge in [0.05, 0.1) is 0 Å². The summed E-state index contributed by atoms with van der Waals surface area (Å²) in [6.07, 6.45) is 0. The molecule has 2 aromatic rings. The maximum absolute atomic E-state index is 11.1. The van der Waals surface area contributed by atoms with Gasteiger partial charge in [0, 0.05) is 5.56 Å². The predicted molar refractivity (Wildman–Crippen MR) is 73.2 cm³/mol. The Morgan fingerprint density at radius 3 is 2.55 bits per heavy atom. The van der Waals surface area contributed by atoms with Crippen LogP contribution in [0.1, 0.15) is 26.3 Å². The summed E-state index contributed by atoms with van der Waals surface area (Å²) in [6.45, 7) is 1.83. The van der Waals surface area contributed by atoms with Gasteiger partial charge in [0.25, 0.3) is 0 Å². The van der Waals surface area contributed by atoms with Crippen molar-refractivity contribution in [1.29, 1.82) is 0 Å². The van der Waals surface area contributed by atoms with Crippen LogP contribution in [-0.2, 0) is 0 Å². The molecule has 0 aromatic heterocycles. The van der Waals surface area contributed by atoms with Crippen LogP contribution in [0.15, 0.2) is 42.5 Å². The molecule has 0 atom stereocenters. The first-order chi connectivity index (χ1) is 9.47. The lowest BCUT2D eigenvalue weighted by atomic mass is 10.1. The Labute approximate surface area is 115 Å². The van der Waals surface area contributed by atoms with Crippen LogP contribution in [0.3, 0.4) is 0 Å². The molecular formula is C15H13NO4. The number of primary amides is 1. The summed E-state index contributed by atoms with van der Waals surface area (Å²) < 4.78 is 5.55. The van der Waals surface area contributed by atoms with E-state index in [0.717, 1.165) is 5.56 Å². The Morgan fingerprint density at radius 2 is 1.90 bits per heavy atom. The molecule has 0 unspecified atom stereocenters. The van der Waals surface area contributed by atoms with E-state index in [0.29, 0.717) is 11.3 Å². The maximum Gasteiger partial charge on any atom is 0.339 e. The number of carboxylic acid groups (broad SMARTS) is 1. The quantitative estimate of drug-likeness (QED) is 0.894. The SMILES string of the molecule is Cc1ccc(C(=O)O)c(Oc2cccc(C(N)=O)c2)c1. The summed E-state index contributed by atoms with van der Waals surface area (Å²) >= 11 is 0. The molecule has 2 aromatic carbocycles. The average Bonchev–Trinajstić information content (AvgIpc) is 2.38. The van der Waals surface area contributed by atoms with Gasteiger partial charge in [-0.05, 0) is 42.8 Å². The fourth-order valence-corrected chi connectivity index (χ4v) is 1.73. The van der Waals surface area contributed by atoms with Gasteiger partial charge in [-0.25, -0.2) is 4.79 Å². The average molecular weight is 271 g/mol. The van der Waals surface area contributed by atoms with E-state index in [2.05, 4.69) is 0 Å². The minimum absolute atomic E-state index is 0.0556. The van der Waals surface area contributed by atoms with Crippen molar-refractivity contribution >= 4 is 11.9 Å². The fourth-order valence-electron chi connectivity index (χ4n) is 1.73. The topological polar surface area (TPSA) is 89.6 Å². The molecule has 0 fully saturated rings. The molecular weight excluding hydrogens is 258 g/mol. The van der Waals surface area contributed by atoms with E-state index in [1.165, 1.54) is 12.1 Å². The van der Waals surface area contributed by atoms with Crippen molar-refractivity contribution in [1.82, 2.24) is 0 Å². The lowest BCUT2D eigenvalue weighted by molar-refractivity contribution is 0.0694. The van der Waals surface area contributed by atoms with Crippen LogP contribution < -0.4 is 10.5 Å². The van der Waals surface area contributed by atoms with Gasteiger partial charge in [0.1, 0.15) is 17.1 Å². The summed E-state index contributed by atoms with van der Waals surface area (Å²) in [7, 11) is 0. The predicted octanol–water partition coefficient (Wildman–Crippen LogP) is 2.58. The molecule has 0 radical (unpaired) electrons. The molecule has 0 spiro atoms. The van der Waals surface area contributed by atoms with Crippen LogP contribution in [0.25, 0.3) is 0 Å².